The van der Waals surface area contributed by atoms with Crippen molar-refractivity contribution in [1.29, 1.82) is 0 Å². The highest BCUT2D eigenvalue weighted by Gasteiger charge is 2.26. The molecular formula is C24H20ClN3O3S. The standard InChI is InChI=1S/C24H20ClN3O3S/c1-15-8-13-20(30-2)19(14-15)26-22(29)21(16-6-4-3-5-7-16)32-24-28-27-23(31-24)17-9-11-18(25)12-10-17/h3-14,21H,1-2H3,(H,26,29). The van der Waals surface area contributed by atoms with Crippen LogP contribution in [0, 0.1) is 6.92 Å². The van der Waals surface area contributed by atoms with Crippen molar-refractivity contribution in [2.24, 2.45) is 0 Å². The Kier molecular flexibility index (Phi) is 6.78. The summed E-state index contributed by atoms with van der Waals surface area (Å²) < 4.78 is 11.2. The van der Waals surface area contributed by atoms with Crippen molar-refractivity contribution in [3.05, 3.63) is 88.9 Å². The lowest BCUT2D eigenvalue weighted by Crippen LogP contribution is -2.19. The molecule has 0 aliphatic rings. The van der Waals surface area contributed by atoms with Crippen LogP contribution in [0.3, 0.4) is 0 Å². The number of ether oxygens (including phenoxy) is 1. The van der Waals surface area contributed by atoms with Gasteiger partial charge in [0.2, 0.25) is 11.8 Å². The van der Waals surface area contributed by atoms with Crippen LogP contribution in [0.15, 0.2) is 82.4 Å². The second-order valence-electron chi connectivity index (χ2n) is 6.98. The first-order chi connectivity index (χ1) is 15.5. The number of thioether (sulfide) groups is 1. The number of carbonyl (C=O) groups excluding carboxylic acids is 1. The summed E-state index contributed by atoms with van der Waals surface area (Å²) in [5, 5.41) is 11.5. The Balaban J connectivity index is 1.60. The highest BCUT2D eigenvalue weighted by atomic mass is 35.5. The molecule has 0 saturated carbocycles. The molecule has 4 aromatic rings. The van der Waals surface area contributed by atoms with E-state index in [1.165, 1.54) is 11.8 Å². The number of aromatic nitrogens is 2. The Morgan fingerprint density at radius 2 is 1.81 bits per heavy atom. The molecule has 0 fully saturated rings. The summed E-state index contributed by atoms with van der Waals surface area (Å²) in [6, 6.07) is 22.2. The summed E-state index contributed by atoms with van der Waals surface area (Å²) in [6.45, 7) is 1.95. The van der Waals surface area contributed by atoms with Crippen LogP contribution in [-0.2, 0) is 4.79 Å². The van der Waals surface area contributed by atoms with Gasteiger partial charge in [0, 0.05) is 10.6 Å². The Hall–Kier alpha value is -3.29. The van der Waals surface area contributed by atoms with Crippen LogP contribution in [0.4, 0.5) is 5.69 Å². The average molecular weight is 466 g/mol. The molecular weight excluding hydrogens is 446 g/mol. The lowest BCUT2D eigenvalue weighted by molar-refractivity contribution is -0.115. The summed E-state index contributed by atoms with van der Waals surface area (Å²) in [5.41, 5.74) is 3.17. The summed E-state index contributed by atoms with van der Waals surface area (Å²) in [6.07, 6.45) is 0. The van der Waals surface area contributed by atoms with Crippen LogP contribution in [0.5, 0.6) is 5.75 Å². The third kappa shape index (κ3) is 5.12. The molecule has 0 aliphatic carbocycles. The number of amides is 1. The zero-order valence-electron chi connectivity index (χ0n) is 17.4. The van der Waals surface area contributed by atoms with Crippen LogP contribution >= 0.6 is 23.4 Å². The summed E-state index contributed by atoms with van der Waals surface area (Å²) in [4.78, 5) is 13.3. The van der Waals surface area contributed by atoms with Crippen molar-refractivity contribution in [2.75, 3.05) is 12.4 Å². The Morgan fingerprint density at radius 1 is 1.06 bits per heavy atom. The summed E-state index contributed by atoms with van der Waals surface area (Å²) >= 11 is 7.14. The second kappa shape index (κ2) is 9.89. The van der Waals surface area contributed by atoms with Crippen molar-refractivity contribution < 1.29 is 13.9 Å². The van der Waals surface area contributed by atoms with E-state index < -0.39 is 5.25 Å². The molecule has 8 heteroatoms. The molecule has 6 nitrogen and oxygen atoms in total. The van der Waals surface area contributed by atoms with E-state index >= 15 is 0 Å². The van der Waals surface area contributed by atoms with Crippen LogP contribution in [0.25, 0.3) is 11.5 Å². The maximum Gasteiger partial charge on any atom is 0.277 e. The minimum absolute atomic E-state index is 0.226. The zero-order chi connectivity index (χ0) is 22.5. The van der Waals surface area contributed by atoms with E-state index in [0.29, 0.717) is 22.4 Å². The van der Waals surface area contributed by atoms with E-state index in [0.717, 1.165) is 16.7 Å². The maximum atomic E-state index is 13.3. The highest BCUT2D eigenvalue weighted by molar-refractivity contribution is 8.00. The Labute approximate surface area is 195 Å². The quantitative estimate of drug-likeness (QED) is 0.328. The molecule has 0 bridgehead atoms. The van der Waals surface area contributed by atoms with E-state index in [-0.39, 0.29) is 11.1 Å². The number of carbonyl (C=O) groups is 1. The molecule has 1 N–H and O–H groups in total. The molecule has 162 valence electrons. The predicted octanol–water partition coefficient (Wildman–Crippen LogP) is 6.18. The first-order valence-electron chi connectivity index (χ1n) is 9.80. The number of anilines is 1. The molecule has 1 heterocycles. The van der Waals surface area contributed by atoms with Gasteiger partial charge in [-0.2, -0.15) is 0 Å². The van der Waals surface area contributed by atoms with Gasteiger partial charge >= 0.3 is 0 Å². The fourth-order valence-electron chi connectivity index (χ4n) is 3.09. The molecule has 0 aliphatic heterocycles. The number of aryl methyl sites for hydroxylation is 1. The number of hydrogen-bond acceptors (Lipinski definition) is 6. The minimum atomic E-state index is -0.611. The van der Waals surface area contributed by atoms with Crippen LogP contribution in [0.1, 0.15) is 16.4 Å². The Morgan fingerprint density at radius 3 is 2.53 bits per heavy atom. The average Bonchev–Trinajstić information content (AvgIpc) is 3.27. The van der Waals surface area contributed by atoms with Gasteiger partial charge < -0.3 is 14.5 Å². The first kappa shape index (κ1) is 21.9. The van der Waals surface area contributed by atoms with Crippen molar-refractivity contribution in [3.63, 3.8) is 0 Å². The molecule has 1 aromatic heterocycles. The molecule has 1 amide bonds. The van der Waals surface area contributed by atoms with Crippen LogP contribution in [0.2, 0.25) is 5.02 Å². The van der Waals surface area contributed by atoms with Crippen LogP contribution in [-0.4, -0.2) is 23.2 Å². The van der Waals surface area contributed by atoms with Crippen LogP contribution < -0.4 is 10.1 Å². The normalized spacial score (nSPS) is 11.7. The van der Waals surface area contributed by atoms with E-state index in [1.807, 2.05) is 55.5 Å². The second-order valence-corrected chi connectivity index (χ2v) is 8.47. The van der Waals surface area contributed by atoms with E-state index in [9.17, 15) is 4.79 Å². The first-order valence-corrected chi connectivity index (χ1v) is 11.1. The molecule has 0 spiro atoms. The number of rotatable bonds is 7. The topological polar surface area (TPSA) is 77.2 Å². The zero-order valence-corrected chi connectivity index (χ0v) is 19.0. The maximum absolute atomic E-state index is 13.3. The van der Waals surface area contributed by atoms with Gasteiger partial charge in [0.1, 0.15) is 11.0 Å². The number of methoxy groups -OCH3 is 1. The van der Waals surface area contributed by atoms with Gasteiger partial charge in [0.05, 0.1) is 12.8 Å². The van der Waals surface area contributed by atoms with Crippen molar-refractivity contribution >= 4 is 35.0 Å². The summed E-state index contributed by atoms with van der Waals surface area (Å²) in [7, 11) is 1.57. The van der Waals surface area contributed by atoms with Gasteiger partial charge in [-0.05, 0) is 66.2 Å². The number of halogens is 1. The molecule has 0 saturated heterocycles. The van der Waals surface area contributed by atoms with E-state index in [4.69, 9.17) is 20.8 Å². The Bertz CT molecular complexity index is 1210. The van der Waals surface area contributed by atoms with E-state index in [1.54, 1.807) is 31.4 Å². The van der Waals surface area contributed by atoms with Gasteiger partial charge in [0.15, 0.2) is 0 Å². The molecule has 0 radical (unpaired) electrons. The van der Waals surface area contributed by atoms with Crippen molar-refractivity contribution in [2.45, 2.75) is 17.4 Å². The molecule has 4 rings (SSSR count). The lowest BCUT2D eigenvalue weighted by atomic mass is 10.1. The predicted molar refractivity (Wildman–Crippen MR) is 126 cm³/mol. The number of nitrogens with one attached hydrogen (secondary N) is 1. The van der Waals surface area contributed by atoms with Gasteiger partial charge in [-0.3, -0.25) is 4.79 Å². The fourth-order valence-corrected chi connectivity index (χ4v) is 4.09. The number of benzene rings is 3. The highest BCUT2D eigenvalue weighted by Crippen LogP contribution is 2.37. The molecule has 1 atom stereocenters. The van der Waals surface area contributed by atoms with Crippen molar-refractivity contribution in [3.8, 4) is 17.2 Å². The third-order valence-corrected chi connectivity index (χ3v) is 6.01. The molecule has 1 unspecified atom stereocenters. The van der Waals surface area contributed by atoms with Gasteiger partial charge in [-0.1, -0.05) is 48.0 Å². The lowest BCUT2D eigenvalue weighted by Gasteiger charge is -2.17. The molecule has 3 aromatic carbocycles. The number of hydrogen-bond donors (Lipinski definition) is 1. The van der Waals surface area contributed by atoms with Gasteiger partial charge in [-0.15, -0.1) is 10.2 Å². The van der Waals surface area contributed by atoms with Gasteiger partial charge in [0.25, 0.3) is 5.22 Å². The third-order valence-electron chi connectivity index (χ3n) is 4.67. The largest absolute Gasteiger partial charge is 0.495 e. The van der Waals surface area contributed by atoms with Gasteiger partial charge in [-0.25, -0.2) is 0 Å². The SMILES string of the molecule is COc1ccc(C)cc1NC(=O)C(Sc1nnc(-c2ccc(Cl)cc2)o1)c1ccccc1. The fraction of sp³-hybridized carbons (Fsp3) is 0.125. The van der Waals surface area contributed by atoms with E-state index in [2.05, 4.69) is 15.5 Å². The minimum Gasteiger partial charge on any atom is -0.495 e. The molecule has 32 heavy (non-hydrogen) atoms. The monoisotopic (exact) mass is 465 g/mol. The number of nitrogens with zero attached hydrogens (tertiary/aromatic N) is 2. The summed E-state index contributed by atoms with van der Waals surface area (Å²) in [5.74, 6) is 0.719. The smallest absolute Gasteiger partial charge is 0.277 e. The van der Waals surface area contributed by atoms with Crippen molar-refractivity contribution in [1.82, 2.24) is 10.2 Å².